The van der Waals surface area contributed by atoms with E-state index in [9.17, 15) is 9.90 Å². The number of fused-ring (bicyclic) bond motifs is 1. The molecule has 7 heteroatoms. The molecule has 0 bridgehead atoms. The van der Waals surface area contributed by atoms with E-state index in [4.69, 9.17) is 4.74 Å². The summed E-state index contributed by atoms with van der Waals surface area (Å²) in [5, 5.41) is 16.1. The predicted octanol–water partition coefficient (Wildman–Crippen LogP) is 3.89. The van der Waals surface area contributed by atoms with Crippen molar-refractivity contribution in [2.45, 2.75) is 18.6 Å². The monoisotopic (exact) mass is 430 g/mol. The third-order valence-electron chi connectivity index (χ3n) is 5.28. The molecule has 2 amide bonds. The standard InChI is InChI=1S/C25H26N4O3/c1-32-19-13-11-17(12-14-19)15-22(24-27-20-9-5-6-10-21(20)28-24)29-25(31)26-16-23(30)18-7-3-2-4-8-18/h2-14,22-23,30H,15-16H2,1H3,(H,27,28)(H2,26,29,31)/t22-,23?/m1/s1. The minimum absolute atomic E-state index is 0.102. The normalized spacial score (nSPS) is 12.8. The fraction of sp³-hybridized carbons (Fsp3) is 0.200. The highest BCUT2D eigenvalue weighted by molar-refractivity contribution is 5.76. The fourth-order valence-corrected chi connectivity index (χ4v) is 3.54. The van der Waals surface area contributed by atoms with Crippen LogP contribution < -0.4 is 15.4 Å². The Morgan fingerprint density at radius 2 is 1.75 bits per heavy atom. The van der Waals surface area contributed by atoms with Gasteiger partial charge < -0.3 is 25.5 Å². The molecule has 2 atom stereocenters. The predicted molar refractivity (Wildman–Crippen MR) is 123 cm³/mol. The van der Waals surface area contributed by atoms with E-state index in [-0.39, 0.29) is 18.6 Å². The Bertz CT molecular complexity index is 1130. The molecule has 164 valence electrons. The second-order valence-electron chi connectivity index (χ2n) is 7.52. The lowest BCUT2D eigenvalue weighted by Crippen LogP contribution is -2.40. The van der Waals surface area contributed by atoms with Crippen molar-refractivity contribution in [3.8, 4) is 5.75 Å². The number of urea groups is 1. The van der Waals surface area contributed by atoms with Crippen molar-refractivity contribution in [3.63, 3.8) is 0 Å². The number of rotatable bonds is 8. The summed E-state index contributed by atoms with van der Waals surface area (Å²) < 4.78 is 5.23. The highest BCUT2D eigenvalue weighted by Gasteiger charge is 2.20. The molecule has 1 aromatic heterocycles. The van der Waals surface area contributed by atoms with Gasteiger partial charge in [0.15, 0.2) is 0 Å². The summed E-state index contributed by atoms with van der Waals surface area (Å²) in [7, 11) is 1.63. The Morgan fingerprint density at radius 3 is 2.47 bits per heavy atom. The third-order valence-corrected chi connectivity index (χ3v) is 5.28. The van der Waals surface area contributed by atoms with Gasteiger partial charge in [-0.25, -0.2) is 9.78 Å². The van der Waals surface area contributed by atoms with Crippen molar-refractivity contribution in [3.05, 3.63) is 95.8 Å². The number of carbonyl (C=O) groups excluding carboxylic acids is 1. The van der Waals surface area contributed by atoms with Crippen LogP contribution in [-0.4, -0.2) is 34.8 Å². The number of para-hydroxylation sites is 2. The molecule has 0 aliphatic heterocycles. The summed E-state index contributed by atoms with van der Waals surface area (Å²) in [5.74, 6) is 1.44. The Morgan fingerprint density at radius 1 is 1.03 bits per heavy atom. The summed E-state index contributed by atoms with van der Waals surface area (Å²) in [4.78, 5) is 20.6. The van der Waals surface area contributed by atoms with E-state index in [1.54, 1.807) is 7.11 Å². The summed E-state index contributed by atoms with van der Waals surface area (Å²) in [6.45, 7) is 0.102. The molecule has 1 heterocycles. The first kappa shape index (κ1) is 21.4. The molecule has 4 N–H and O–H groups in total. The first-order chi connectivity index (χ1) is 15.6. The van der Waals surface area contributed by atoms with E-state index < -0.39 is 6.10 Å². The summed E-state index contributed by atoms with van der Waals surface area (Å²) in [6.07, 6.45) is -0.244. The third kappa shape index (κ3) is 5.25. The molecule has 0 saturated carbocycles. The summed E-state index contributed by atoms with van der Waals surface area (Å²) in [5.41, 5.74) is 3.52. The number of carbonyl (C=O) groups is 1. The minimum Gasteiger partial charge on any atom is -0.497 e. The molecular formula is C25H26N4O3. The van der Waals surface area contributed by atoms with Crippen LogP contribution in [0.25, 0.3) is 11.0 Å². The van der Waals surface area contributed by atoms with Crippen molar-refractivity contribution < 1.29 is 14.6 Å². The van der Waals surface area contributed by atoms with Gasteiger partial charge in [0, 0.05) is 6.54 Å². The second-order valence-corrected chi connectivity index (χ2v) is 7.52. The van der Waals surface area contributed by atoms with Crippen LogP contribution in [0, 0.1) is 0 Å². The zero-order valence-corrected chi connectivity index (χ0v) is 17.8. The van der Waals surface area contributed by atoms with Gasteiger partial charge in [-0.15, -0.1) is 0 Å². The van der Waals surface area contributed by atoms with Crippen LogP contribution in [0.1, 0.15) is 29.1 Å². The first-order valence-corrected chi connectivity index (χ1v) is 10.5. The van der Waals surface area contributed by atoms with E-state index in [2.05, 4.69) is 20.6 Å². The number of aromatic nitrogens is 2. The number of imidazole rings is 1. The number of nitrogens with one attached hydrogen (secondary N) is 3. The number of hydrogen-bond acceptors (Lipinski definition) is 4. The molecule has 0 aliphatic rings. The number of methoxy groups -OCH3 is 1. The van der Waals surface area contributed by atoms with Crippen molar-refractivity contribution >= 4 is 17.1 Å². The number of ether oxygens (including phenoxy) is 1. The zero-order chi connectivity index (χ0) is 22.3. The second kappa shape index (κ2) is 9.98. The van der Waals surface area contributed by atoms with Crippen LogP contribution in [0.3, 0.4) is 0 Å². The van der Waals surface area contributed by atoms with E-state index in [1.165, 1.54) is 0 Å². The van der Waals surface area contributed by atoms with Gasteiger partial charge in [-0.05, 0) is 41.8 Å². The average molecular weight is 431 g/mol. The largest absolute Gasteiger partial charge is 0.497 e. The molecule has 4 rings (SSSR count). The van der Waals surface area contributed by atoms with Gasteiger partial charge in [0.25, 0.3) is 0 Å². The van der Waals surface area contributed by atoms with Gasteiger partial charge in [-0.2, -0.15) is 0 Å². The summed E-state index contributed by atoms with van der Waals surface area (Å²) >= 11 is 0. The Labute approximate surface area is 186 Å². The van der Waals surface area contributed by atoms with Gasteiger partial charge in [-0.1, -0.05) is 54.6 Å². The quantitative estimate of drug-likeness (QED) is 0.341. The number of hydrogen-bond donors (Lipinski definition) is 4. The number of amides is 2. The molecule has 1 unspecified atom stereocenters. The van der Waals surface area contributed by atoms with Gasteiger partial charge in [0.2, 0.25) is 0 Å². The van der Waals surface area contributed by atoms with E-state index >= 15 is 0 Å². The van der Waals surface area contributed by atoms with E-state index in [0.29, 0.717) is 12.2 Å². The molecular weight excluding hydrogens is 404 g/mol. The SMILES string of the molecule is COc1ccc(C[C@@H](NC(=O)NCC(O)c2ccccc2)c2nc3ccccc3[nH]2)cc1. The Balaban J connectivity index is 1.48. The number of aromatic amines is 1. The average Bonchev–Trinajstić information content (AvgIpc) is 3.27. The number of benzene rings is 3. The maximum atomic E-state index is 12.7. The highest BCUT2D eigenvalue weighted by Crippen LogP contribution is 2.21. The number of aliphatic hydroxyl groups is 1. The molecule has 0 saturated heterocycles. The van der Waals surface area contributed by atoms with Crippen LogP contribution in [0.15, 0.2) is 78.9 Å². The zero-order valence-electron chi connectivity index (χ0n) is 17.8. The maximum Gasteiger partial charge on any atom is 0.315 e. The summed E-state index contributed by atoms with van der Waals surface area (Å²) in [6, 6.07) is 23.9. The van der Waals surface area contributed by atoms with Crippen LogP contribution in [0.2, 0.25) is 0 Å². The Kier molecular flexibility index (Phi) is 6.67. The lowest BCUT2D eigenvalue weighted by atomic mass is 10.1. The number of nitrogens with zero attached hydrogens (tertiary/aromatic N) is 1. The van der Waals surface area contributed by atoms with Crippen molar-refractivity contribution in [2.24, 2.45) is 0 Å². The molecule has 0 fully saturated rings. The molecule has 7 nitrogen and oxygen atoms in total. The van der Waals surface area contributed by atoms with Gasteiger partial charge in [-0.3, -0.25) is 0 Å². The van der Waals surface area contributed by atoms with Crippen molar-refractivity contribution in [1.82, 2.24) is 20.6 Å². The lowest BCUT2D eigenvalue weighted by Gasteiger charge is -2.19. The molecule has 0 radical (unpaired) electrons. The van der Waals surface area contributed by atoms with E-state index in [0.717, 1.165) is 27.9 Å². The fourth-order valence-electron chi connectivity index (χ4n) is 3.54. The lowest BCUT2D eigenvalue weighted by molar-refractivity contribution is 0.172. The molecule has 0 spiro atoms. The number of aliphatic hydroxyl groups excluding tert-OH is 1. The van der Waals surface area contributed by atoms with Gasteiger partial charge in [0.1, 0.15) is 11.6 Å². The number of H-pyrrole nitrogens is 1. The highest BCUT2D eigenvalue weighted by atomic mass is 16.5. The van der Waals surface area contributed by atoms with Crippen LogP contribution in [-0.2, 0) is 6.42 Å². The van der Waals surface area contributed by atoms with Crippen molar-refractivity contribution in [2.75, 3.05) is 13.7 Å². The maximum absolute atomic E-state index is 12.7. The van der Waals surface area contributed by atoms with Crippen molar-refractivity contribution in [1.29, 1.82) is 0 Å². The van der Waals surface area contributed by atoms with Crippen LogP contribution in [0.5, 0.6) is 5.75 Å². The minimum atomic E-state index is -0.784. The molecule has 3 aromatic carbocycles. The topological polar surface area (TPSA) is 99.3 Å². The van der Waals surface area contributed by atoms with E-state index in [1.807, 2.05) is 78.9 Å². The molecule has 4 aromatic rings. The van der Waals surface area contributed by atoms with Gasteiger partial charge in [0.05, 0.1) is 30.3 Å². The van der Waals surface area contributed by atoms with Gasteiger partial charge >= 0.3 is 6.03 Å². The van der Waals surface area contributed by atoms with Crippen LogP contribution in [0.4, 0.5) is 4.79 Å². The smallest absolute Gasteiger partial charge is 0.315 e. The first-order valence-electron chi connectivity index (χ1n) is 10.5. The molecule has 0 aliphatic carbocycles. The molecule has 32 heavy (non-hydrogen) atoms. The Hall–Kier alpha value is -3.84. The van der Waals surface area contributed by atoms with Crippen LogP contribution >= 0.6 is 0 Å².